The van der Waals surface area contributed by atoms with Crippen molar-refractivity contribution in [2.24, 2.45) is 12.9 Å². The largest absolute Gasteiger partial charge is 0.433 e. The molecule has 0 unspecified atom stereocenters. The van der Waals surface area contributed by atoms with Crippen LogP contribution in [0.15, 0.2) is 18.5 Å². The van der Waals surface area contributed by atoms with Gasteiger partial charge in [-0.2, -0.15) is 23.3 Å². The number of rotatable bonds is 4. The van der Waals surface area contributed by atoms with Gasteiger partial charge in [0.25, 0.3) is 0 Å². The van der Waals surface area contributed by atoms with Gasteiger partial charge in [0.15, 0.2) is 5.69 Å². The minimum absolute atomic E-state index is 0.0177. The van der Waals surface area contributed by atoms with Crippen LogP contribution in [-0.4, -0.2) is 19.7 Å². The van der Waals surface area contributed by atoms with Crippen molar-refractivity contribution in [3.63, 3.8) is 0 Å². The van der Waals surface area contributed by atoms with Gasteiger partial charge >= 0.3 is 6.18 Å². The van der Waals surface area contributed by atoms with Crippen molar-refractivity contribution >= 4 is 11.8 Å². The van der Waals surface area contributed by atoms with Crippen LogP contribution in [0.1, 0.15) is 11.3 Å². The van der Waals surface area contributed by atoms with Crippen molar-refractivity contribution in [3.05, 3.63) is 29.7 Å². The van der Waals surface area contributed by atoms with Crippen molar-refractivity contribution in [2.75, 3.05) is 10.7 Å². The van der Waals surface area contributed by atoms with Crippen LogP contribution in [0.25, 0.3) is 0 Å². The molecule has 0 fully saturated rings. The molecule has 4 N–H and O–H groups in total. The molecule has 2 heterocycles. The van der Waals surface area contributed by atoms with E-state index in [0.717, 1.165) is 11.6 Å². The summed E-state index contributed by atoms with van der Waals surface area (Å²) >= 11 is 0. The van der Waals surface area contributed by atoms with Crippen LogP contribution in [0, 0.1) is 0 Å². The van der Waals surface area contributed by atoms with Crippen LogP contribution in [0.5, 0.6) is 0 Å². The highest BCUT2D eigenvalue weighted by Gasteiger charge is 2.33. The van der Waals surface area contributed by atoms with Crippen LogP contribution in [0.4, 0.5) is 24.9 Å². The summed E-state index contributed by atoms with van der Waals surface area (Å²) in [7, 11) is 1.74. The molecule has 0 aromatic carbocycles. The molecule has 20 heavy (non-hydrogen) atoms. The predicted molar refractivity (Wildman–Crippen MR) is 65.4 cm³/mol. The van der Waals surface area contributed by atoms with Crippen molar-refractivity contribution < 1.29 is 13.2 Å². The first-order valence-electron chi connectivity index (χ1n) is 5.53. The highest BCUT2D eigenvalue weighted by molar-refractivity contribution is 5.43. The Balaban J connectivity index is 2.18. The molecule has 0 atom stereocenters. The Hall–Kier alpha value is -2.36. The molecule has 7 nitrogen and oxygen atoms in total. The van der Waals surface area contributed by atoms with Gasteiger partial charge in [-0.05, 0) is 0 Å². The number of hydrazine groups is 1. The Labute approximate surface area is 112 Å². The van der Waals surface area contributed by atoms with Gasteiger partial charge in [-0.15, -0.1) is 0 Å². The zero-order valence-electron chi connectivity index (χ0n) is 10.4. The van der Waals surface area contributed by atoms with E-state index in [0.29, 0.717) is 0 Å². The van der Waals surface area contributed by atoms with Crippen molar-refractivity contribution in [2.45, 2.75) is 12.7 Å². The lowest BCUT2D eigenvalue weighted by Crippen LogP contribution is -2.16. The maximum atomic E-state index is 12.7. The van der Waals surface area contributed by atoms with Crippen LogP contribution >= 0.6 is 0 Å². The number of anilines is 2. The van der Waals surface area contributed by atoms with E-state index in [-0.39, 0.29) is 18.3 Å². The lowest BCUT2D eigenvalue weighted by Gasteiger charge is -2.10. The van der Waals surface area contributed by atoms with Crippen LogP contribution in [0.3, 0.4) is 0 Å². The summed E-state index contributed by atoms with van der Waals surface area (Å²) in [6.45, 7) is 0.284. The van der Waals surface area contributed by atoms with E-state index in [1.807, 2.05) is 5.43 Å². The molecule has 0 aliphatic heterocycles. The number of hydrogen-bond donors (Lipinski definition) is 3. The zero-order valence-corrected chi connectivity index (χ0v) is 10.4. The number of nitrogens with two attached hydrogens (primary N) is 1. The Morgan fingerprint density at radius 2 is 2.10 bits per heavy atom. The normalized spacial score (nSPS) is 11.4. The smallest absolute Gasteiger partial charge is 0.366 e. The van der Waals surface area contributed by atoms with Crippen molar-refractivity contribution in [3.8, 4) is 0 Å². The number of aromatic nitrogens is 4. The Morgan fingerprint density at radius 1 is 1.35 bits per heavy atom. The molecule has 0 saturated heterocycles. The average molecular weight is 287 g/mol. The summed E-state index contributed by atoms with van der Waals surface area (Å²) < 4.78 is 39.5. The monoisotopic (exact) mass is 287 g/mol. The van der Waals surface area contributed by atoms with E-state index < -0.39 is 11.9 Å². The molecule has 0 spiro atoms. The second-order valence-electron chi connectivity index (χ2n) is 3.98. The maximum Gasteiger partial charge on any atom is 0.433 e. The van der Waals surface area contributed by atoms with Gasteiger partial charge in [0.2, 0.25) is 5.95 Å². The molecule has 108 valence electrons. The van der Waals surface area contributed by atoms with Crippen LogP contribution in [0.2, 0.25) is 0 Å². The molecule has 0 aliphatic rings. The van der Waals surface area contributed by atoms with Gasteiger partial charge in [-0.3, -0.25) is 10.1 Å². The number of aryl methyl sites for hydroxylation is 1. The van der Waals surface area contributed by atoms with Crippen LogP contribution in [-0.2, 0) is 19.8 Å². The van der Waals surface area contributed by atoms with E-state index in [9.17, 15) is 13.2 Å². The number of halogens is 3. The van der Waals surface area contributed by atoms with Gasteiger partial charge in [-0.1, -0.05) is 0 Å². The minimum atomic E-state index is -4.57. The Kier molecular flexibility index (Phi) is 3.74. The van der Waals surface area contributed by atoms with Crippen LogP contribution < -0.4 is 16.6 Å². The highest BCUT2D eigenvalue weighted by atomic mass is 19.4. The van der Waals surface area contributed by atoms with Gasteiger partial charge in [0, 0.05) is 31.4 Å². The van der Waals surface area contributed by atoms with Crippen molar-refractivity contribution in [1.29, 1.82) is 0 Å². The van der Waals surface area contributed by atoms with E-state index in [2.05, 4.69) is 20.4 Å². The molecular weight excluding hydrogens is 275 g/mol. The quantitative estimate of drug-likeness (QED) is 0.576. The molecule has 0 radical (unpaired) electrons. The first kappa shape index (κ1) is 14.1. The second-order valence-corrected chi connectivity index (χ2v) is 3.98. The number of nitrogens with one attached hydrogen (secondary N) is 2. The fourth-order valence-electron chi connectivity index (χ4n) is 1.50. The first-order valence-corrected chi connectivity index (χ1v) is 5.53. The highest BCUT2D eigenvalue weighted by Crippen LogP contribution is 2.29. The molecule has 0 saturated carbocycles. The summed E-state index contributed by atoms with van der Waals surface area (Å²) in [5, 5.41) is 6.71. The van der Waals surface area contributed by atoms with E-state index in [4.69, 9.17) is 5.84 Å². The number of alkyl halides is 3. The van der Waals surface area contributed by atoms with Gasteiger partial charge in [-0.25, -0.2) is 10.8 Å². The lowest BCUT2D eigenvalue weighted by molar-refractivity contribution is -0.141. The molecular formula is C10H12F3N7. The first-order chi connectivity index (χ1) is 9.38. The third-order valence-electron chi connectivity index (χ3n) is 2.38. The minimum Gasteiger partial charge on any atom is -0.366 e. The predicted octanol–water partition coefficient (Wildman–Crippen LogP) is 1.13. The fraction of sp³-hybridized carbons (Fsp3) is 0.300. The Bertz CT molecular complexity index is 593. The van der Waals surface area contributed by atoms with E-state index in [1.165, 1.54) is 0 Å². The molecule has 0 amide bonds. The molecule has 2 rings (SSSR count). The average Bonchev–Trinajstić information content (AvgIpc) is 2.81. The third kappa shape index (κ3) is 3.35. The molecule has 10 heteroatoms. The molecule has 0 aliphatic carbocycles. The maximum absolute atomic E-state index is 12.7. The molecule has 0 bridgehead atoms. The Morgan fingerprint density at radius 3 is 2.65 bits per heavy atom. The zero-order chi connectivity index (χ0) is 14.8. The summed E-state index contributed by atoms with van der Waals surface area (Å²) in [6, 6.07) is 0.817. The van der Waals surface area contributed by atoms with Gasteiger partial charge in [0.1, 0.15) is 5.82 Å². The second kappa shape index (κ2) is 5.33. The summed E-state index contributed by atoms with van der Waals surface area (Å²) in [5.41, 5.74) is 1.74. The van der Waals surface area contributed by atoms with E-state index in [1.54, 1.807) is 24.1 Å². The molecule has 2 aromatic rings. The SMILES string of the molecule is Cn1cc(CNc2cc(C(F)(F)F)nc(NN)n2)cn1. The van der Waals surface area contributed by atoms with Crippen molar-refractivity contribution in [1.82, 2.24) is 19.7 Å². The molecule has 2 aromatic heterocycles. The number of nitrogen functional groups attached to an aromatic ring is 1. The third-order valence-corrected chi connectivity index (χ3v) is 2.38. The van der Waals surface area contributed by atoms with Gasteiger partial charge < -0.3 is 5.32 Å². The standard InChI is InChI=1S/C10H12F3N7/c1-20-5-6(4-16-20)3-15-8-2-7(10(11,12)13)17-9(18-8)19-14/h2,4-5H,3,14H2,1H3,(H2,15,17,18,19). The summed E-state index contributed by atoms with van der Waals surface area (Å²) in [4.78, 5) is 7.06. The summed E-state index contributed by atoms with van der Waals surface area (Å²) in [5.74, 6) is 4.76. The topological polar surface area (TPSA) is 93.7 Å². The summed E-state index contributed by atoms with van der Waals surface area (Å²) in [6.07, 6.45) is -1.23. The fourth-order valence-corrected chi connectivity index (χ4v) is 1.50. The lowest BCUT2D eigenvalue weighted by atomic mass is 10.3. The number of nitrogens with zero attached hydrogens (tertiary/aromatic N) is 4. The van der Waals surface area contributed by atoms with E-state index >= 15 is 0 Å². The number of hydrogen-bond acceptors (Lipinski definition) is 6. The van der Waals surface area contributed by atoms with Gasteiger partial charge in [0.05, 0.1) is 6.20 Å².